The second kappa shape index (κ2) is 6.56. The van der Waals surface area contributed by atoms with E-state index in [2.05, 4.69) is 15.0 Å². The fourth-order valence-electron chi connectivity index (χ4n) is 1.69. The molecule has 0 bridgehead atoms. The van der Waals surface area contributed by atoms with Crippen molar-refractivity contribution in [3.8, 4) is 0 Å². The van der Waals surface area contributed by atoms with Crippen LogP contribution in [0.3, 0.4) is 0 Å². The van der Waals surface area contributed by atoms with E-state index in [4.69, 9.17) is 18.8 Å². The van der Waals surface area contributed by atoms with Crippen molar-refractivity contribution in [2.75, 3.05) is 7.11 Å². The van der Waals surface area contributed by atoms with Crippen molar-refractivity contribution in [3.05, 3.63) is 0 Å². The summed E-state index contributed by atoms with van der Waals surface area (Å²) in [5.41, 5.74) is 0. The summed E-state index contributed by atoms with van der Waals surface area (Å²) in [4.78, 5) is 18.1. The van der Waals surface area contributed by atoms with Gasteiger partial charge in [0, 0.05) is 7.11 Å². The highest BCUT2D eigenvalue weighted by Crippen LogP contribution is 2.48. The Bertz CT molecular complexity index is 321. The van der Waals surface area contributed by atoms with E-state index in [1.807, 2.05) is 0 Å². The highest BCUT2D eigenvalue weighted by Gasteiger charge is 2.33. The fraction of sp³-hybridized carbons (Fsp3) is 1.00. The van der Waals surface area contributed by atoms with Crippen LogP contribution in [0.4, 0.5) is 0 Å². The molecule has 0 amide bonds. The summed E-state index contributed by atoms with van der Waals surface area (Å²) >= 11 is 0. The molecule has 0 aromatic carbocycles. The van der Waals surface area contributed by atoms with E-state index < -0.39 is 27.9 Å². The molecule has 0 spiro atoms. The molecule has 1 fully saturated rings. The van der Waals surface area contributed by atoms with E-state index in [-0.39, 0.29) is 0 Å². The second-order valence-corrected chi connectivity index (χ2v) is 6.71. The maximum Gasteiger partial charge on any atom is 0.488 e. The largest absolute Gasteiger partial charge is 0.488 e. The number of nitrogens with two attached hydrogens (primary N) is 1. The van der Waals surface area contributed by atoms with E-state index >= 15 is 0 Å². The number of phosphoric ester groups is 2. The molecule has 11 heteroatoms. The van der Waals surface area contributed by atoms with Gasteiger partial charge < -0.3 is 9.79 Å². The number of phosphoric acid groups is 2. The average Bonchev–Trinajstić information content (AvgIpc) is 2.31. The van der Waals surface area contributed by atoms with Crippen molar-refractivity contribution in [1.29, 1.82) is 0 Å². The molecule has 108 valence electrons. The monoisotopic (exact) mass is 305 g/mol. The van der Waals surface area contributed by atoms with Gasteiger partial charge in [0.15, 0.2) is 0 Å². The molecule has 0 radical (unpaired) electrons. The standard InChI is InChI=1S/C7H17NO8P2/c1-13-17(9,10)14-6-2-4-7(5-3-6)15-18(11,12)16-8/h6-7H,2-5,8H2,1H3,(H,9,10)(H,11,12). The van der Waals surface area contributed by atoms with Crippen molar-refractivity contribution in [1.82, 2.24) is 0 Å². The van der Waals surface area contributed by atoms with Gasteiger partial charge in [0.05, 0.1) is 12.2 Å². The lowest BCUT2D eigenvalue weighted by atomic mass is 9.95. The minimum atomic E-state index is -4.20. The van der Waals surface area contributed by atoms with Crippen molar-refractivity contribution in [3.63, 3.8) is 0 Å². The molecule has 9 nitrogen and oxygen atoms in total. The molecule has 1 aliphatic rings. The molecule has 0 heterocycles. The van der Waals surface area contributed by atoms with Crippen LogP contribution < -0.4 is 5.90 Å². The van der Waals surface area contributed by atoms with Crippen molar-refractivity contribution in [2.24, 2.45) is 5.90 Å². The third-order valence-electron chi connectivity index (χ3n) is 2.55. The maximum atomic E-state index is 11.2. The molecule has 2 atom stereocenters. The van der Waals surface area contributed by atoms with Crippen molar-refractivity contribution < 1.29 is 37.1 Å². The quantitative estimate of drug-likeness (QED) is 0.485. The molecular weight excluding hydrogens is 288 g/mol. The molecular formula is C7H17NO8P2. The zero-order valence-corrected chi connectivity index (χ0v) is 11.6. The van der Waals surface area contributed by atoms with E-state index in [0.717, 1.165) is 7.11 Å². The summed E-state index contributed by atoms with van der Waals surface area (Å²) in [5, 5.41) is 0. The first-order valence-electron chi connectivity index (χ1n) is 5.24. The lowest BCUT2D eigenvalue weighted by molar-refractivity contribution is 0.0341. The molecule has 0 aromatic heterocycles. The van der Waals surface area contributed by atoms with Crippen LogP contribution in [0.25, 0.3) is 0 Å². The topological polar surface area (TPSA) is 138 Å². The van der Waals surface area contributed by atoms with Gasteiger partial charge in [-0.1, -0.05) is 0 Å². The SMILES string of the molecule is COP(=O)(O)OC1CCC(OP(=O)(O)ON)CC1. The summed E-state index contributed by atoms with van der Waals surface area (Å²) in [5.74, 6) is 4.60. The Morgan fingerprint density at radius 2 is 1.39 bits per heavy atom. The molecule has 0 saturated heterocycles. The van der Waals surface area contributed by atoms with Crippen LogP contribution in [0.1, 0.15) is 25.7 Å². The Labute approximate surface area is 104 Å². The van der Waals surface area contributed by atoms with Gasteiger partial charge in [-0.05, 0) is 25.7 Å². The van der Waals surface area contributed by atoms with E-state index in [9.17, 15) is 9.13 Å². The summed E-state index contributed by atoms with van der Waals surface area (Å²) in [7, 11) is -7.12. The Balaban J connectivity index is 2.38. The van der Waals surface area contributed by atoms with Crippen molar-refractivity contribution in [2.45, 2.75) is 37.9 Å². The predicted molar refractivity (Wildman–Crippen MR) is 60.1 cm³/mol. The van der Waals surface area contributed by atoms with Crippen LogP contribution in [-0.4, -0.2) is 29.1 Å². The zero-order valence-electron chi connectivity index (χ0n) is 9.80. The van der Waals surface area contributed by atoms with Crippen LogP contribution in [0.2, 0.25) is 0 Å². The second-order valence-electron chi connectivity index (χ2n) is 3.83. The van der Waals surface area contributed by atoms with Crippen LogP contribution in [0, 0.1) is 0 Å². The summed E-state index contributed by atoms with van der Waals surface area (Å²) in [6.45, 7) is 0. The lowest BCUT2D eigenvalue weighted by Gasteiger charge is -2.29. The van der Waals surface area contributed by atoms with Crippen molar-refractivity contribution >= 4 is 15.6 Å². The molecule has 0 aromatic rings. The molecule has 1 rings (SSSR count). The number of hydrogen-bond donors (Lipinski definition) is 3. The summed E-state index contributed by atoms with van der Waals surface area (Å²) in [6.07, 6.45) is 0.652. The Morgan fingerprint density at radius 1 is 1.00 bits per heavy atom. The van der Waals surface area contributed by atoms with Gasteiger partial charge in [0.25, 0.3) is 0 Å². The Kier molecular flexibility index (Phi) is 5.92. The molecule has 1 aliphatic carbocycles. The van der Waals surface area contributed by atoms with Gasteiger partial charge in [-0.15, -0.1) is 0 Å². The molecule has 0 aliphatic heterocycles. The highest BCUT2D eigenvalue weighted by molar-refractivity contribution is 7.47. The van der Waals surface area contributed by atoms with Gasteiger partial charge in [-0.3, -0.25) is 13.6 Å². The molecule has 1 saturated carbocycles. The van der Waals surface area contributed by atoms with Crippen LogP contribution in [-0.2, 0) is 27.3 Å². The minimum Gasteiger partial charge on any atom is -0.302 e. The van der Waals surface area contributed by atoms with Gasteiger partial charge in [0.1, 0.15) is 0 Å². The van der Waals surface area contributed by atoms with Crippen LogP contribution in [0.15, 0.2) is 0 Å². The summed E-state index contributed by atoms with van der Waals surface area (Å²) in [6, 6.07) is 0. The van der Waals surface area contributed by atoms with E-state index in [1.54, 1.807) is 0 Å². The van der Waals surface area contributed by atoms with Gasteiger partial charge in [0.2, 0.25) is 0 Å². The average molecular weight is 305 g/mol. The normalized spacial score (nSPS) is 31.6. The van der Waals surface area contributed by atoms with Crippen LogP contribution in [0.5, 0.6) is 0 Å². The van der Waals surface area contributed by atoms with E-state index in [0.29, 0.717) is 25.7 Å². The number of hydrogen-bond acceptors (Lipinski definition) is 7. The van der Waals surface area contributed by atoms with Gasteiger partial charge >= 0.3 is 15.6 Å². The number of rotatable bonds is 6. The summed E-state index contributed by atoms with van der Waals surface area (Å²) < 4.78 is 40.0. The first-order valence-corrected chi connectivity index (χ1v) is 8.23. The molecule has 4 N–H and O–H groups in total. The molecule has 18 heavy (non-hydrogen) atoms. The first kappa shape index (κ1) is 16.2. The van der Waals surface area contributed by atoms with Gasteiger partial charge in [-0.25, -0.2) is 19.7 Å². The third kappa shape index (κ3) is 5.44. The fourth-order valence-corrected chi connectivity index (χ4v) is 3.00. The van der Waals surface area contributed by atoms with Crippen LogP contribution >= 0.6 is 15.6 Å². The maximum absolute atomic E-state index is 11.2. The zero-order chi connectivity index (χ0) is 13.8. The van der Waals surface area contributed by atoms with E-state index in [1.165, 1.54) is 0 Å². The minimum absolute atomic E-state index is 0.391. The lowest BCUT2D eigenvalue weighted by Crippen LogP contribution is -2.26. The smallest absolute Gasteiger partial charge is 0.302 e. The Morgan fingerprint density at radius 3 is 1.72 bits per heavy atom. The third-order valence-corrected chi connectivity index (χ3v) is 4.41. The Hall–Kier alpha value is 0.180. The first-order chi connectivity index (χ1) is 8.28. The van der Waals surface area contributed by atoms with Gasteiger partial charge in [-0.2, -0.15) is 0 Å². The predicted octanol–water partition coefficient (Wildman–Crippen LogP) is 1.07. The molecule has 2 unspecified atom stereocenters. The highest BCUT2D eigenvalue weighted by atomic mass is 31.2.